The molecule has 1 N–H and O–H groups in total. The second-order valence-electron chi connectivity index (χ2n) is 10.4. The van der Waals surface area contributed by atoms with Crippen molar-refractivity contribution in [3.8, 4) is 22.8 Å². The molecule has 2 amide bonds. The van der Waals surface area contributed by atoms with E-state index >= 15 is 0 Å². The first-order chi connectivity index (χ1) is 21.2. The van der Waals surface area contributed by atoms with E-state index in [9.17, 15) is 18.0 Å². The number of amides is 2. The Bertz CT molecular complexity index is 1600. The minimum Gasteiger partial charge on any atom is -0.406 e. The predicted molar refractivity (Wildman–Crippen MR) is 168 cm³/mol. The zero-order valence-electron chi connectivity index (χ0n) is 24.5. The molecule has 44 heavy (non-hydrogen) atoms. The van der Waals surface area contributed by atoms with E-state index in [1.165, 1.54) is 46.4 Å². The number of rotatable bonds is 10. The van der Waals surface area contributed by atoms with Gasteiger partial charge in [0, 0.05) is 30.1 Å². The van der Waals surface area contributed by atoms with Crippen molar-refractivity contribution in [1.29, 1.82) is 0 Å². The van der Waals surface area contributed by atoms with Gasteiger partial charge in [-0.1, -0.05) is 61.5 Å². The van der Waals surface area contributed by atoms with Crippen molar-refractivity contribution in [1.82, 2.24) is 20.1 Å². The molecule has 1 saturated heterocycles. The van der Waals surface area contributed by atoms with Crippen LogP contribution in [0.25, 0.3) is 17.1 Å². The third-order valence-corrected chi connectivity index (χ3v) is 7.94. The van der Waals surface area contributed by atoms with Gasteiger partial charge in [0.15, 0.2) is 11.0 Å². The van der Waals surface area contributed by atoms with Gasteiger partial charge in [-0.05, 0) is 73.2 Å². The number of carbonyl (C=O) groups excluding carboxylic acids is 1. The molecule has 1 fully saturated rings. The highest BCUT2D eigenvalue weighted by Gasteiger charge is 2.31. The monoisotopic (exact) mass is 622 g/mol. The first kappa shape index (κ1) is 31.1. The lowest BCUT2D eigenvalue weighted by Crippen LogP contribution is -2.28. The number of ether oxygens (including phenoxy) is 1. The highest BCUT2D eigenvalue weighted by molar-refractivity contribution is 8.14. The molecule has 0 atom stereocenters. The van der Waals surface area contributed by atoms with E-state index in [1.807, 2.05) is 24.3 Å². The fraction of sp³-hybridized carbons (Fsp3) is 0.312. The maximum absolute atomic E-state index is 12.6. The van der Waals surface area contributed by atoms with Gasteiger partial charge in [-0.15, -0.1) is 18.3 Å². The number of nitrogens with zero attached hydrogens (tertiary/aromatic N) is 5. The number of aliphatic imine (C=N–C) groups is 1. The molecule has 230 valence electrons. The van der Waals surface area contributed by atoms with Gasteiger partial charge in [-0.2, -0.15) is 4.99 Å². The molecule has 0 bridgehead atoms. The number of carbonyl (C=O) groups is 1. The maximum Gasteiger partial charge on any atom is 0.573 e. The summed E-state index contributed by atoms with van der Waals surface area (Å²) in [6.07, 6.45) is 0.331. The van der Waals surface area contributed by atoms with Gasteiger partial charge in [0.1, 0.15) is 12.1 Å². The summed E-state index contributed by atoms with van der Waals surface area (Å²) in [4.78, 5) is 23.5. The quantitative estimate of drug-likeness (QED) is 0.186. The van der Waals surface area contributed by atoms with Crippen LogP contribution in [0.2, 0.25) is 0 Å². The summed E-state index contributed by atoms with van der Waals surface area (Å²) in [6, 6.07) is 19.4. The van der Waals surface area contributed by atoms with Crippen LogP contribution in [0.1, 0.15) is 36.5 Å². The van der Waals surface area contributed by atoms with Crippen LogP contribution in [0, 0.1) is 6.92 Å². The zero-order valence-corrected chi connectivity index (χ0v) is 25.3. The molecule has 8 nitrogen and oxygen atoms in total. The number of halogens is 3. The van der Waals surface area contributed by atoms with Gasteiger partial charge in [-0.3, -0.25) is 0 Å². The molecule has 0 unspecified atom stereocenters. The first-order valence-corrected chi connectivity index (χ1v) is 15.4. The van der Waals surface area contributed by atoms with Gasteiger partial charge in [0.25, 0.3) is 0 Å². The Balaban J connectivity index is 1.11. The normalized spacial score (nSPS) is 14.3. The summed E-state index contributed by atoms with van der Waals surface area (Å²) >= 11 is 1.61. The van der Waals surface area contributed by atoms with Crippen molar-refractivity contribution in [3.05, 3.63) is 89.7 Å². The molecule has 1 aliphatic heterocycles. The number of amidine groups is 1. The van der Waals surface area contributed by atoms with Crippen LogP contribution in [0.5, 0.6) is 5.75 Å². The molecule has 3 aromatic carbocycles. The Labute approximate surface area is 258 Å². The Hall–Kier alpha value is -4.32. The second kappa shape index (κ2) is 14.0. The molecule has 0 aliphatic carbocycles. The van der Waals surface area contributed by atoms with Crippen LogP contribution in [-0.4, -0.2) is 51.2 Å². The number of nitrogens with one attached hydrogen (secondary N) is 1. The lowest BCUT2D eigenvalue weighted by atomic mass is 10.0. The molecular weight excluding hydrogens is 589 g/mol. The molecule has 0 radical (unpaired) electrons. The van der Waals surface area contributed by atoms with E-state index in [2.05, 4.69) is 62.1 Å². The van der Waals surface area contributed by atoms with E-state index in [1.54, 1.807) is 11.8 Å². The predicted octanol–water partition coefficient (Wildman–Crippen LogP) is 7.35. The first-order valence-electron chi connectivity index (χ1n) is 14.4. The summed E-state index contributed by atoms with van der Waals surface area (Å²) in [5.41, 5.74) is 6.07. The fourth-order valence-electron chi connectivity index (χ4n) is 4.88. The largest absolute Gasteiger partial charge is 0.573 e. The summed E-state index contributed by atoms with van der Waals surface area (Å²) in [6.45, 7) is 5.58. The molecule has 0 spiro atoms. The van der Waals surface area contributed by atoms with Crippen molar-refractivity contribution < 1.29 is 22.7 Å². The lowest BCUT2D eigenvalue weighted by Gasteiger charge is -2.22. The van der Waals surface area contributed by atoms with Crippen molar-refractivity contribution in [2.24, 2.45) is 4.99 Å². The third-order valence-electron chi connectivity index (χ3n) is 6.98. The van der Waals surface area contributed by atoms with E-state index in [4.69, 9.17) is 0 Å². The smallest absolute Gasteiger partial charge is 0.406 e. The molecule has 0 saturated carbocycles. The average Bonchev–Trinajstić information content (AvgIpc) is 3.67. The van der Waals surface area contributed by atoms with Gasteiger partial charge in [0.2, 0.25) is 0 Å². The number of alkyl halides is 3. The van der Waals surface area contributed by atoms with E-state index < -0.39 is 6.36 Å². The van der Waals surface area contributed by atoms with Crippen molar-refractivity contribution >= 4 is 28.6 Å². The van der Waals surface area contributed by atoms with Gasteiger partial charge < -0.3 is 15.0 Å². The molecular formula is C32H33F3N6O2S. The fourth-order valence-corrected chi connectivity index (χ4v) is 5.83. The summed E-state index contributed by atoms with van der Waals surface area (Å²) < 4.78 is 42.6. The van der Waals surface area contributed by atoms with Crippen LogP contribution in [0.4, 0.5) is 23.7 Å². The summed E-state index contributed by atoms with van der Waals surface area (Å²) in [7, 11) is 0. The molecule has 5 rings (SSSR count). The Morgan fingerprint density at radius 2 is 1.84 bits per heavy atom. The number of urea groups is 1. The van der Waals surface area contributed by atoms with Crippen LogP contribution >= 0.6 is 11.8 Å². The van der Waals surface area contributed by atoms with Gasteiger partial charge >= 0.3 is 12.4 Å². The maximum atomic E-state index is 12.6. The van der Waals surface area contributed by atoms with E-state index in [0.29, 0.717) is 18.1 Å². The third kappa shape index (κ3) is 8.19. The van der Waals surface area contributed by atoms with Crippen LogP contribution < -0.4 is 15.0 Å². The molecule has 1 aliphatic rings. The SMILES string of the molecule is CCCc1ccc(C)cc1N1CCSC1=NC(=O)NCCCc1ccc(-c2ncn(-c3ccc(OC(F)(F)F)cc3)n2)cc1. The van der Waals surface area contributed by atoms with E-state index in [0.717, 1.165) is 60.0 Å². The lowest BCUT2D eigenvalue weighted by molar-refractivity contribution is -0.274. The topological polar surface area (TPSA) is 84.6 Å². The Morgan fingerprint density at radius 1 is 1.07 bits per heavy atom. The zero-order chi connectivity index (χ0) is 31.1. The van der Waals surface area contributed by atoms with Gasteiger partial charge in [-0.25, -0.2) is 14.5 Å². The number of aryl methyl sites for hydroxylation is 3. The minimum atomic E-state index is -4.74. The minimum absolute atomic E-state index is 0.302. The molecule has 2 heterocycles. The Morgan fingerprint density at radius 3 is 2.57 bits per heavy atom. The average molecular weight is 623 g/mol. The van der Waals surface area contributed by atoms with Crippen LogP contribution in [0.15, 0.2) is 78.0 Å². The second-order valence-corrected chi connectivity index (χ2v) is 11.4. The van der Waals surface area contributed by atoms with Gasteiger partial charge in [0.05, 0.1) is 5.69 Å². The number of benzene rings is 3. The number of hydrogen-bond acceptors (Lipinski definition) is 5. The highest BCUT2D eigenvalue weighted by atomic mass is 32.2. The number of thioether (sulfide) groups is 1. The van der Waals surface area contributed by atoms with Crippen molar-refractivity contribution in [2.75, 3.05) is 23.7 Å². The molecule has 4 aromatic rings. The number of anilines is 1. The number of hydrogen-bond donors (Lipinski definition) is 1. The molecule has 1 aromatic heterocycles. The van der Waals surface area contributed by atoms with Crippen molar-refractivity contribution in [3.63, 3.8) is 0 Å². The summed E-state index contributed by atoms with van der Waals surface area (Å²) in [5, 5.41) is 8.10. The van der Waals surface area contributed by atoms with Crippen molar-refractivity contribution in [2.45, 2.75) is 45.9 Å². The van der Waals surface area contributed by atoms with Crippen LogP contribution in [-0.2, 0) is 12.8 Å². The highest BCUT2D eigenvalue weighted by Crippen LogP contribution is 2.30. The Kier molecular flexibility index (Phi) is 9.89. The van der Waals surface area contributed by atoms with E-state index in [-0.39, 0.29) is 11.8 Å². The molecule has 12 heteroatoms. The number of aromatic nitrogens is 3. The summed E-state index contributed by atoms with van der Waals surface area (Å²) in [5.74, 6) is 1.08. The van der Waals surface area contributed by atoms with Crippen LogP contribution in [0.3, 0.4) is 0 Å². The standard InChI is InChI=1S/C32H33F3N6O2S/c1-3-5-24-10-7-22(2)20-28(24)40-18-19-44-31(40)38-30(42)36-17-4-6-23-8-11-25(12-9-23)29-37-21-41(39-29)26-13-15-27(16-14-26)43-32(33,34)35/h7-16,20-21H,3-6,17-19H2,1-2H3,(H,36,42).